The normalized spacial score (nSPS) is 12.3. The number of rotatable bonds is 10. The highest BCUT2D eigenvalue weighted by Gasteiger charge is 2.36. The molecule has 0 radical (unpaired) electrons. The topological polar surface area (TPSA) is 160 Å². The Kier molecular flexibility index (Phi) is 11.2. The number of halogens is 1. The Labute approximate surface area is 238 Å². The van der Waals surface area contributed by atoms with Gasteiger partial charge in [-0.1, -0.05) is 69.3 Å². The van der Waals surface area contributed by atoms with E-state index in [0.717, 1.165) is 11.1 Å². The van der Waals surface area contributed by atoms with E-state index in [-0.39, 0.29) is 17.2 Å². The first-order chi connectivity index (χ1) is 18.8. The van der Waals surface area contributed by atoms with Crippen molar-refractivity contribution in [2.75, 3.05) is 18.9 Å². The lowest BCUT2D eigenvalue weighted by atomic mass is 9.85. The van der Waals surface area contributed by atoms with E-state index in [0.29, 0.717) is 11.3 Å². The van der Waals surface area contributed by atoms with Crippen LogP contribution in [-0.2, 0) is 23.9 Å². The molecule has 0 saturated carbocycles. The number of carbonyl (C=O) groups is 5. The number of nitrogen functional groups attached to an aromatic ring is 1. The van der Waals surface area contributed by atoms with E-state index in [2.05, 4.69) is 22.6 Å². The summed E-state index contributed by atoms with van der Waals surface area (Å²) >= 11 is 6.05. The van der Waals surface area contributed by atoms with E-state index >= 15 is 0 Å². The summed E-state index contributed by atoms with van der Waals surface area (Å²) in [5, 5.41) is 6.29. The molecular weight excluding hydrogens is 538 g/mol. The Bertz CT molecular complexity index is 1260. The quantitative estimate of drug-likeness (QED) is 0.147. The number of carbonyl (C=O) groups excluding carboxylic acids is 5. The first-order valence-electron chi connectivity index (χ1n) is 12.4. The summed E-state index contributed by atoms with van der Waals surface area (Å²) in [6, 6.07) is 10.2. The molecule has 0 heterocycles. The number of nitrogens with zero attached hydrogens (tertiary/aromatic N) is 1. The average Bonchev–Trinajstić information content (AvgIpc) is 2.90. The zero-order valence-corrected chi connectivity index (χ0v) is 23.6. The van der Waals surface area contributed by atoms with Gasteiger partial charge in [-0.05, 0) is 42.2 Å². The minimum Gasteiger partial charge on any atom is -0.465 e. The molecule has 0 spiro atoms. The first-order valence-corrected chi connectivity index (χ1v) is 12.8. The van der Waals surface area contributed by atoms with Gasteiger partial charge >= 0.3 is 5.97 Å². The third-order valence-corrected chi connectivity index (χ3v) is 5.95. The number of hydrogen-bond acceptors (Lipinski definition) is 7. The number of amides is 4. The predicted molar refractivity (Wildman–Crippen MR) is 151 cm³/mol. The highest BCUT2D eigenvalue weighted by Crippen LogP contribution is 2.24. The van der Waals surface area contributed by atoms with E-state index in [1.54, 1.807) is 58.0 Å². The molecule has 5 N–H and O–H groups in total. The molecule has 0 aliphatic heterocycles. The highest BCUT2D eigenvalue weighted by atomic mass is 35.5. The smallest absolute Gasteiger partial charge is 0.327 e. The summed E-state index contributed by atoms with van der Waals surface area (Å²) in [5.41, 5.74) is 8.18. The number of benzene rings is 2. The molecule has 0 aliphatic rings. The Balaban J connectivity index is 2.35. The van der Waals surface area contributed by atoms with Crippen LogP contribution in [0.25, 0.3) is 0 Å². The molecule has 214 valence electrons. The molecule has 2 atom stereocenters. The summed E-state index contributed by atoms with van der Waals surface area (Å²) in [7, 11) is 0. The maximum Gasteiger partial charge on any atom is 0.327 e. The number of esters is 1. The fourth-order valence-electron chi connectivity index (χ4n) is 3.55. The van der Waals surface area contributed by atoms with E-state index in [9.17, 15) is 24.0 Å². The van der Waals surface area contributed by atoms with Gasteiger partial charge in [0, 0.05) is 5.56 Å². The van der Waals surface area contributed by atoms with E-state index in [1.165, 1.54) is 18.2 Å². The molecule has 2 unspecified atom stereocenters. The molecule has 40 heavy (non-hydrogen) atoms. The van der Waals surface area contributed by atoms with Gasteiger partial charge in [0.2, 0.25) is 5.91 Å². The molecule has 11 nitrogen and oxygen atoms in total. The van der Waals surface area contributed by atoms with Gasteiger partial charge in [0.25, 0.3) is 17.7 Å². The summed E-state index contributed by atoms with van der Waals surface area (Å²) in [6.45, 7) is 9.72. The molecule has 4 amide bonds. The summed E-state index contributed by atoms with van der Waals surface area (Å²) in [4.78, 5) is 64.3. The van der Waals surface area contributed by atoms with Crippen molar-refractivity contribution in [3.05, 3.63) is 77.3 Å². The second-order valence-electron chi connectivity index (χ2n) is 9.77. The molecule has 0 aromatic heterocycles. The fraction of sp³-hybridized carbons (Fsp3) is 0.321. The van der Waals surface area contributed by atoms with Crippen molar-refractivity contribution in [2.24, 2.45) is 5.41 Å². The van der Waals surface area contributed by atoms with Crippen LogP contribution in [0.4, 0.5) is 5.69 Å². The maximum atomic E-state index is 13.6. The van der Waals surface area contributed by atoms with Crippen molar-refractivity contribution < 1.29 is 28.7 Å². The molecule has 0 saturated heterocycles. The van der Waals surface area contributed by atoms with Crippen LogP contribution in [0.2, 0.25) is 5.02 Å². The molecule has 2 aromatic rings. The van der Waals surface area contributed by atoms with Crippen LogP contribution in [-0.4, -0.2) is 53.8 Å². The van der Waals surface area contributed by atoms with Crippen LogP contribution in [0, 0.1) is 5.41 Å². The minimum absolute atomic E-state index is 0.0775. The molecule has 0 bridgehead atoms. The lowest BCUT2D eigenvalue weighted by Gasteiger charge is -2.32. The molecular formula is C28H34ClN5O6. The second-order valence-corrected chi connectivity index (χ2v) is 10.2. The van der Waals surface area contributed by atoms with Crippen molar-refractivity contribution in [3.8, 4) is 0 Å². The Morgan fingerprint density at radius 1 is 1.05 bits per heavy atom. The maximum absolute atomic E-state index is 13.6. The van der Waals surface area contributed by atoms with Gasteiger partial charge in [0.15, 0.2) is 0 Å². The second kappa shape index (κ2) is 14.1. The largest absolute Gasteiger partial charge is 0.465 e. The van der Waals surface area contributed by atoms with Crippen LogP contribution in [0.1, 0.15) is 49.7 Å². The number of nitrogens with one attached hydrogen (secondary N) is 3. The van der Waals surface area contributed by atoms with Crippen molar-refractivity contribution in [1.29, 1.82) is 0 Å². The molecule has 2 aromatic carbocycles. The van der Waals surface area contributed by atoms with Crippen LogP contribution in [0.15, 0.2) is 61.2 Å². The fourth-order valence-corrected chi connectivity index (χ4v) is 3.73. The van der Waals surface area contributed by atoms with E-state index in [1.807, 2.05) is 0 Å². The standard InChI is InChI=1S/C28H34ClN5O6/c1-6-21(35)34(16-22(36)40-7-2)33-26(38)23(17-11-9-8-10-12-17)31-27(39)24(28(3,4)5)32-25(37)18-13-14-20(30)19(29)15-18/h6,8-15,23-24H,1,7,16,30H2,2-5H3,(H,31,39)(H,32,37)(H,33,38). The van der Waals surface area contributed by atoms with Crippen molar-refractivity contribution in [1.82, 2.24) is 21.1 Å². The van der Waals surface area contributed by atoms with Crippen LogP contribution < -0.4 is 21.8 Å². The molecule has 0 aliphatic carbocycles. The first kappa shape index (κ1) is 31.8. The van der Waals surface area contributed by atoms with E-state index < -0.39 is 53.6 Å². The lowest BCUT2D eigenvalue weighted by Crippen LogP contribution is -2.57. The zero-order chi connectivity index (χ0) is 30.0. The van der Waals surface area contributed by atoms with Gasteiger partial charge in [0.1, 0.15) is 18.6 Å². The van der Waals surface area contributed by atoms with Crippen molar-refractivity contribution >= 4 is 46.9 Å². The summed E-state index contributed by atoms with van der Waals surface area (Å²) < 4.78 is 4.87. The van der Waals surface area contributed by atoms with Crippen LogP contribution >= 0.6 is 11.6 Å². The number of hydrazine groups is 1. The Hall–Kier alpha value is -4.38. The van der Waals surface area contributed by atoms with Gasteiger partial charge in [-0.2, -0.15) is 0 Å². The van der Waals surface area contributed by atoms with Crippen LogP contribution in [0.3, 0.4) is 0 Å². The van der Waals surface area contributed by atoms with Gasteiger partial charge in [-0.15, -0.1) is 0 Å². The average molecular weight is 572 g/mol. The zero-order valence-electron chi connectivity index (χ0n) is 22.8. The van der Waals surface area contributed by atoms with Gasteiger partial charge in [0.05, 0.1) is 17.3 Å². The third-order valence-electron chi connectivity index (χ3n) is 5.63. The molecule has 2 rings (SSSR count). The predicted octanol–water partition coefficient (Wildman–Crippen LogP) is 2.53. The van der Waals surface area contributed by atoms with Crippen molar-refractivity contribution in [2.45, 2.75) is 39.8 Å². The van der Waals surface area contributed by atoms with E-state index in [4.69, 9.17) is 22.1 Å². The Morgan fingerprint density at radius 3 is 2.25 bits per heavy atom. The van der Waals surface area contributed by atoms with Gasteiger partial charge < -0.3 is 21.1 Å². The van der Waals surface area contributed by atoms with Gasteiger partial charge in [-0.25, -0.2) is 5.01 Å². The minimum atomic E-state index is -1.30. The third kappa shape index (κ3) is 8.84. The molecule has 12 heteroatoms. The van der Waals surface area contributed by atoms with Gasteiger partial charge in [-0.3, -0.25) is 29.4 Å². The van der Waals surface area contributed by atoms with Crippen molar-refractivity contribution in [3.63, 3.8) is 0 Å². The SMILES string of the molecule is C=CC(=O)N(CC(=O)OCC)NC(=O)C(NC(=O)C(NC(=O)c1ccc(N)c(Cl)c1)C(C)(C)C)c1ccccc1. The highest BCUT2D eigenvalue weighted by molar-refractivity contribution is 6.33. The Morgan fingerprint density at radius 2 is 1.70 bits per heavy atom. The van der Waals surface area contributed by atoms with Crippen LogP contribution in [0.5, 0.6) is 0 Å². The number of ether oxygens (including phenoxy) is 1. The number of anilines is 1. The monoisotopic (exact) mass is 571 g/mol. The lowest BCUT2D eigenvalue weighted by molar-refractivity contribution is -0.152. The number of nitrogens with two attached hydrogens (primary N) is 1. The summed E-state index contributed by atoms with van der Waals surface area (Å²) in [6.07, 6.45) is 0.921. The number of hydrogen-bond donors (Lipinski definition) is 4. The molecule has 0 fully saturated rings. The summed E-state index contributed by atoms with van der Waals surface area (Å²) in [5.74, 6) is -3.57.